The van der Waals surface area contributed by atoms with Crippen LogP contribution in [0.25, 0.3) is 10.9 Å². The van der Waals surface area contributed by atoms with Crippen molar-refractivity contribution in [1.29, 1.82) is 0 Å². The number of phenols is 1. The fourth-order valence-corrected chi connectivity index (χ4v) is 12.2. The molecule has 0 saturated carbocycles. The van der Waals surface area contributed by atoms with Crippen LogP contribution in [0.2, 0.25) is 0 Å². The van der Waals surface area contributed by atoms with E-state index < -0.39 is 206 Å². The molecule has 0 radical (unpaired) electrons. The molecule has 4 aromatic carbocycles. The molecule has 0 aliphatic carbocycles. The number of carbonyl (C=O) groups is 16. The zero-order valence-electron chi connectivity index (χ0n) is 64.2. The van der Waals surface area contributed by atoms with Crippen LogP contribution in [0.3, 0.4) is 0 Å². The molecule has 37 nitrogen and oxygen atoms in total. The van der Waals surface area contributed by atoms with Crippen molar-refractivity contribution in [1.82, 2.24) is 94.7 Å². The van der Waals surface area contributed by atoms with Gasteiger partial charge in [-0.05, 0) is 78.1 Å². The Bertz CT molecular complexity index is 4360. The Kier molecular flexibility index (Phi) is 35.2. The number of aromatic hydroxyl groups is 1. The number of nitrogens with zero attached hydrogens (tertiary/aromatic N) is 1. The number of aromatic nitrogens is 3. The molecule has 0 bridgehead atoms. The number of carboxylic acid groups (broad SMARTS) is 1. The molecular weight excluding hydrogens is 1490 g/mol. The molecule has 15 amide bonds. The van der Waals surface area contributed by atoms with Crippen LogP contribution in [0.15, 0.2) is 128 Å². The Morgan fingerprint density at radius 3 is 1.69 bits per heavy atom. The summed E-state index contributed by atoms with van der Waals surface area (Å²) >= 11 is 0. The van der Waals surface area contributed by atoms with E-state index in [4.69, 9.17) is 10.8 Å². The first-order valence-corrected chi connectivity index (χ1v) is 37.7. The molecule has 7 rings (SSSR count). The second-order valence-corrected chi connectivity index (χ2v) is 27.8. The summed E-state index contributed by atoms with van der Waals surface area (Å²) in [7, 11) is 0. The third-order valence-corrected chi connectivity index (χ3v) is 19.0. The fourth-order valence-electron chi connectivity index (χ4n) is 12.2. The fraction of sp³-hybridized carbons (Fsp3) is 0.423. The van der Waals surface area contributed by atoms with Crippen LogP contribution in [0.4, 0.5) is 0 Å². The van der Waals surface area contributed by atoms with Crippen LogP contribution in [0, 0.1) is 11.8 Å². The Morgan fingerprint density at radius 1 is 0.522 bits per heavy atom. The summed E-state index contributed by atoms with van der Waals surface area (Å²) in [5, 5.41) is 57.6. The number of unbranched alkanes of at least 4 members (excludes halogenated alkanes) is 1. The zero-order valence-corrected chi connectivity index (χ0v) is 64.2. The normalized spacial score (nSPS) is 18.5. The molecular formula is C78H101N19O18. The predicted molar refractivity (Wildman–Crippen MR) is 416 cm³/mol. The number of aliphatic carboxylic acids is 1. The first-order chi connectivity index (χ1) is 55.1. The van der Waals surface area contributed by atoms with Gasteiger partial charge in [0, 0.05) is 61.1 Å². The smallest absolute Gasteiger partial charge is 0.322 e. The Hall–Kier alpha value is -13.1. The van der Waals surface area contributed by atoms with Gasteiger partial charge in [0.15, 0.2) is 0 Å². The van der Waals surface area contributed by atoms with Gasteiger partial charge < -0.3 is 106 Å². The monoisotopic (exact) mass is 1590 g/mol. The van der Waals surface area contributed by atoms with Gasteiger partial charge in [-0.3, -0.25) is 76.7 Å². The molecule has 115 heavy (non-hydrogen) atoms. The first-order valence-electron chi connectivity index (χ1n) is 37.7. The summed E-state index contributed by atoms with van der Waals surface area (Å²) in [6.45, 7) is 2.33. The third-order valence-electron chi connectivity index (χ3n) is 19.0. The number of nitrogens with two attached hydrogens (primary N) is 1. The number of aromatic amines is 2. The first kappa shape index (κ1) is 89.1. The van der Waals surface area contributed by atoms with Gasteiger partial charge in [0.05, 0.1) is 45.5 Å². The number of benzene rings is 4. The van der Waals surface area contributed by atoms with E-state index >= 15 is 4.79 Å². The number of hydrogen-bond acceptors (Lipinski definition) is 19. The van der Waals surface area contributed by atoms with Crippen molar-refractivity contribution in [3.05, 3.63) is 156 Å². The number of H-pyrrole nitrogens is 2. The van der Waals surface area contributed by atoms with E-state index in [-0.39, 0.29) is 63.7 Å². The van der Waals surface area contributed by atoms with Crippen LogP contribution >= 0.6 is 0 Å². The van der Waals surface area contributed by atoms with Gasteiger partial charge in [-0.1, -0.05) is 132 Å². The van der Waals surface area contributed by atoms with Gasteiger partial charge in [0.2, 0.25) is 88.6 Å². The number of fused-ring (bicyclic) bond motifs is 1. The van der Waals surface area contributed by atoms with Gasteiger partial charge in [-0.25, -0.2) is 4.98 Å². The number of nitrogens with one attached hydrogen (secondary N) is 17. The van der Waals surface area contributed by atoms with Crippen LogP contribution < -0.4 is 85.5 Å². The highest BCUT2D eigenvalue weighted by atomic mass is 16.4. The molecule has 37 heteroatoms. The maximum absolute atomic E-state index is 15.1. The van der Waals surface area contributed by atoms with Gasteiger partial charge in [-0.15, -0.1) is 0 Å². The molecule has 1 fully saturated rings. The van der Waals surface area contributed by atoms with Gasteiger partial charge in [-0.2, -0.15) is 0 Å². The zero-order chi connectivity index (χ0) is 83.5. The molecule has 1 aliphatic rings. The minimum Gasteiger partial charge on any atom is -0.508 e. The van der Waals surface area contributed by atoms with Gasteiger partial charge in [0.25, 0.3) is 0 Å². The van der Waals surface area contributed by atoms with E-state index in [9.17, 15) is 77.0 Å². The van der Waals surface area contributed by atoms with Crippen molar-refractivity contribution >= 4 is 105 Å². The minimum absolute atomic E-state index is 0.105. The second kappa shape index (κ2) is 45.4. The molecule has 21 N–H and O–H groups in total. The van der Waals surface area contributed by atoms with E-state index in [0.717, 1.165) is 0 Å². The number of imidazole rings is 1. The van der Waals surface area contributed by atoms with Crippen LogP contribution in [-0.4, -0.2) is 220 Å². The maximum atomic E-state index is 15.1. The van der Waals surface area contributed by atoms with Crippen molar-refractivity contribution in [2.75, 3.05) is 45.8 Å². The van der Waals surface area contributed by atoms with E-state index in [0.29, 0.717) is 51.7 Å². The molecule has 1 saturated heterocycles. The summed E-state index contributed by atoms with van der Waals surface area (Å²) in [6, 6.07) is 16.1. The molecule has 3 heterocycles. The standard InChI is InChI=1S/C78H101N19O18/c1-5-44(3)68-77(114)87-41-66(104)91-58(32-49-35-81-53-22-14-13-21-52(49)53)72(109)86-39-64(102)89-54(23-15-16-28-79)73(110)94-60(34-61(99)82-38-63(101)90-57(75(112)96-68)30-47-19-11-8-12-20-47)76(113)97-69(45(4)6-2)78(115)95-56(29-46-17-9-7-10-18-46)71(108)85-40-65(103)92-59(33-50-36-80-43-88-50)74(111)93-55(31-48-24-26-51(98)27-25-48)70(107)84-37-62(100)83-42-67(105)106/h7-14,17-22,24-27,35-36,43-45,54-60,68-69,81,98H,5-6,15-16,23,28-34,37-42,79H2,1-4H3,(H,80,88)(H,82,99)(H,83,100)(H,84,107)(H,85,108)(H,86,109)(H,87,114)(H,89,102)(H,90,101)(H,91,104)(H,92,103)(H,93,111)(H,94,110)(H,95,115)(H,96,112)(H,97,113)(H,105,106)/t44-,45-,54-,55-,56-,57-,58-,59-,60-,68-,69-/m0/s1. The van der Waals surface area contributed by atoms with E-state index in [1.807, 2.05) is 0 Å². The lowest BCUT2D eigenvalue weighted by molar-refractivity contribution is -0.138. The van der Waals surface area contributed by atoms with Crippen molar-refractivity contribution in [3.8, 4) is 5.75 Å². The number of carbonyl (C=O) groups excluding carboxylic acids is 15. The SMILES string of the molecule is CC[C@H](C)[C@@H]1NC(=O)[C@H](Cc2ccccc2)NC(=O)CNC(=O)C[C@@H](C(=O)N[C@H](C(=O)N[C@@H](Cc2ccccc2)C(=O)NCC(=O)N[C@@H](Cc2cnc[nH]2)C(=O)N[C@@H](Cc2ccc(O)cc2)C(=O)NCC(=O)NCC(=O)O)[C@@H](C)CC)NC(=O)[C@H](CCCCN)NC(=O)CNC(=O)[C@H](Cc2c[nH]c3ccccc23)NC(=O)CNC1=O. The highest BCUT2D eigenvalue weighted by molar-refractivity contribution is 6.01. The lowest BCUT2D eigenvalue weighted by atomic mass is 9.96. The van der Waals surface area contributed by atoms with Crippen LogP contribution in [0.5, 0.6) is 5.75 Å². The average Bonchev–Trinajstić information content (AvgIpc) is 1.67. The molecule has 0 unspecified atom stereocenters. The van der Waals surface area contributed by atoms with Crippen molar-refractivity contribution in [2.45, 2.75) is 153 Å². The van der Waals surface area contributed by atoms with Crippen LogP contribution in [-0.2, 0) is 109 Å². The average molecular weight is 1590 g/mol. The number of para-hydroxylation sites is 1. The van der Waals surface area contributed by atoms with Gasteiger partial charge in [0.1, 0.15) is 66.7 Å². The van der Waals surface area contributed by atoms with E-state index in [2.05, 4.69) is 94.7 Å². The summed E-state index contributed by atoms with van der Waals surface area (Å²) in [6.07, 6.45) is 3.38. The number of rotatable bonds is 33. The van der Waals surface area contributed by atoms with Crippen molar-refractivity contribution < 1.29 is 86.9 Å². The summed E-state index contributed by atoms with van der Waals surface area (Å²) in [4.78, 5) is 234. The number of amides is 15. The highest BCUT2D eigenvalue weighted by Gasteiger charge is 2.37. The maximum Gasteiger partial charge on any atom is 0.322 e. The quantitative estimate of drug-likeness (QED) is 0.0181. The largest absolute Gasteiger partial charge is 0.508 e. The van der Waals surface area contributed by atoms with E-state index in [1.165, 1.54) is 36.8 Å². The minimum atomic E-state index is -1.93. The number of phenolic OH excluding ortho intramolecular Hbond substituents is 1. The Labute approximate surface area is 662 Å². The lowest BCUT2D eigenvalue weighted by Crippen LogP contribution is -2.61. The molecule has 1 aliphatic heterocycles. The number of hydrogen-bond donors (Lipinski definition) is 20. The molecule has 0 spiro atoms. The Morgan fingerprint density at radius 2 is 1.08 bits per heavy atom. The molecule has 616 valence electrons. The number of carboxylic acids is 1. The Balaban J connectivity index is 1.14. The highest BCUT2D eigenvalue weighted by Crippen LogP contribution is 2.21. The molecule has 6 aromatic rings. The third kappa shape index (κ3) is 29.5. The molecule has 2 aromatic heterocycles. The lowest BCUT2D eigenvalue weighted by Gasteiger charge is -2.29. The predicted octanol–water partition coefficient (Wildman–Crippen LogP) is -3.12. The summed E-state index contributed by atoms with van der Waals surface area (Å²) in [5.41, 5.74) is 9.01. The second-order valence-electron chi connectivity index (χ2n) is 27.8. The molecule has 11 atom stereocenters. The van der Waals surface area contributed by atoms with Crippen molar-refractivity contribution in [3.63, 3.8) is 0 Å². The topological polar surface area (TPSA) is 565 Å². The van der Waals surface area contributed by atoms with E-state index in [1.54, 1.807) is 119 Å². The summed E-state index contributed by atoms with van der Waals surface area (Å²) in [5.74, 6) is -16.7. The summed E-state index contributed by atoms with van der Waals surface area (Å²) < 4.78 is 0. The van der Waals surface area contributed by atoms with Crippen molar-refractivity contribution in [2.24, 2.45) is 17.6 Å². The van der Waals surface area contributed by atoms with Gasteiger partial charge >= 0.3 is 5.97 Å². The van der Waals surface area contributed by atoms with Crippen LogP contribution in [0.1, 0.15) is 94.2 Å².